The minimum atomic E-state index is -3.73. The summed E-state index contributed by atoms with van der Waals surface area (Å²) in [6, 6.07) is 4.69. The number of piperidine rings is 1. The number of carbonyl (C=O) groups excluding carboxylic acids is 1. The van der Waals surface area contributed by atoms with Gasteiger partial charge in [0.2, 0.25) is 15.9 Å². The second-order valence-electron chi connectivity index (χ2n) is 6.26. The monoisotopic (exact) mass is 352 g/mol. The summed E-state index contributed by atoms with van der Waals surface area (Å²) in [6.07, 6.45) is 2.76. The van der Waals surface area contributed by atoms with Crippen molar-refractivity contribution in [2.24, 2.45) is 5.92 Å². The summed E-state index contributed by atoms with van der Waals surface area (Å²) in [5.74, 6) is -1.68. The van der Waals surface area contributed by atoms with E-state index >= 15 is 0 Å². The van der Waals surface area contributed by atoms with Gasteiger partial charge >= 0.3 is 5.97 Å². The number of aryl methyl sites for hydroxylation is 1. The Kier molecular flexibility index (Phi) is 4.60. The number of carboxylic acids is 1. The van der Waals surface area contributed by atoms with Gasteiger partial charge in [-0.15, -0.1) is 0 Å². The Hall–Kier alpha value is -1.93. The first-order chi connectivity index (χ1) is 11.4. The number of sulfonamides is 1. The quantitative estimate of drug-likeness (QED) is 0.857. The molecule has 130 valence electrons. The molecule has 1 saturated heterocycles. The summed E-state index contributed by atoms with van der Waals surface area (Å²) in [4.78, 5) is 22.9. The average Bonchev–Trinajstić information content (AvgIpc) is 2.74. The highest BCUT2D eigenvalue weighted by Gasteiger charge is 2.33. The summed E-state index contributed by atoms with van der Waals surface area (Å²) in [7, 11) is -3.73. The van der Waals surface area contributed by atoms with Gasteiger partial charge in [-0.25, -0.2) is 8.42 Å². The van der Waals surface area contributed by atoms with Crippen molar-refractivity contribution in [2.75, 3.05) is 18.4 Å². The Bertz CT molecular complexity index is 775. The number of amides is 1. The molecule has 1 aromatic rings. The smallest absolute Gasteiger partial charge is 0.307 e. The van der Waals surface area contributed by atoms with Gasteiger partial charge in [0.1, 0.15) is 0 Å². The molecule has 2 aliphatic rings. The van der Waals surface area contributed by atoms with Crippen LogP contribution < -0.4 is 5.32 Å². The third-order valence-electron chi connectivity index (χ3n) is 4.57. The molecule has 0 aromatic heterocycles. The van der Waals surface area contributed by atoms with Crippen molar-refractivity contribution >= 4 is 27.6 Å². The molecule has 1 fully saturated rings. The molecule has 2 aliphatic heterocycles. The summed E-state index contributed by atoms with van der Waals surface area (Å²) >= 11 is 0. The van der Waals surface area contributed by atoms with Gasteiger partial charge in [0, 0.05) is 25.2 Å². The number of fused-ring (bicyclic) bond motifs is 1. The van der Waals surface area contributed by atoms with Gasteiger partial charge < -0.3 is 10.4 Å². The van der Waals surface area contributed by atoms with Crippen molar-refractivity contribution < 1.29 is 23.1 Å². The highest BCUT2D eigenvalue weighted by molar-refractivity contribution is 7.89. The topological polar surface area (TPSA) is 104 Å². The van der Waals surface area contributed by atoms with Gasteiger partial charge in [0.25, 0.3) is 0 Å². The number of carbonyl (C=O) groups is 2. The van der Waals surface area contributed by atoms with Crippen molar-refractivity contribution in [1.82, 2.24) is 4.31 Å². The Morgan fingerprint density at radius 3 is 2.79 bits per heavy atom. The van der Waals surface area contributed by atoms with Crippen molar-refractivity contribution in [1.29, 1.82) is 0 Å². The van der Waals surface area contributed by atoms with E-state index in [1.807, 2.05) is 0 Å². The van der Waals surface area contributed by atoms with Gasteiger partial charge in [-0.3, -0.25) is 9.59 Å². The van der Waals surface area contributed by atoms with E-state index in [1.165, 1.54) is 10.4 Å². The van der Waals surface area contributed by atoms with E-state index in [0.29, 0.717) is 44.3 Å². The number of benzene rings is 1. The fourth-order valence-electron chi connectivity index (χ4n) is 3.22. The van der Waals surface area contributed by atoms with Crippen LogP contribution in [0, 0.1) is 5.92 Å². The molecule has 24 heavy (non-hydrogen) atoms. The van der Waals surface area contributed by atoms with Crippen LogP contribution in [0.1, 0.15) is 31.2 Å². The molecule has 3 rings (SSSR count). The number of rotatable bonds is 3. The number of hydrogen-bond donors (Lipinski definition) is 2. The lowest BCUT2D eigenvalue weighted by Gasteiger charge is -2.30. The van der Waals surface area contributed by atoms with E-state index < -0.39 is 21.9 Å². The van der Waals surface area contributed by atoms with Gasteiger partial charge in [-0.05, 0) is 49.4 Å². The first kappa shape index (κ1) is 16.9. The second kappa shape index (κ2) is 6.52. The van der Waals surface area contributed by atoms with Crippen molar-refractivity contribution in [3.05, 3.63) is 23.8 Å². The first-order valence-electron chi connectivity index (χ1n) is 8.03. The lowest BCUT2D eigenvalue weighted by Crippen LogP contribution is -2.42. The fourth-order valence-corrected chi connectivity index (χ4v) is 4.80. The van der Waals surface area contributed by atoms with Crippen LogP contribution in [-0.4, -0.2) is 42.8 Å². The zero-order valence-corrected chi connectivity index (χ0v) is 14.0. The van der Waals surface area contributed by atoms with Crippen LogP contribution in [0.15, 0.2) is 23.1 Å². The molecular formula is C16H20N2O5S. The average molecular weight is 352 g/mol. The van der Waals surface area contributed by atoms with E-state index in [4.69, 9.17) is 5.11 Å². The highest BCUT2D eigenvalue weighted by Crippen LogP contribution is 2.28. The number of aliphatic carboxylic acids is 1. The van der Waals surface area contributed by atoms with Gasteiger partial charge in [0.15, 0.2) is 0 Å². The van der Waals surface area contributed by atoms with Crippen LogP contribution in [0.3, 0.4) is 0 Å². The largest absolute Gasteiger partial charge is 0.481 e. The second-order valence-corrected chi connectivity index (χ2v) is 8.20. The molecule has 0 saturated carbocycles. The van der Waals surface area contributed by atoms with Gasteiger partial charge in [-0.2, -0.15) is 4.31 Å². The third kappa shape index (κ3) is 3.29. The van der Waals surface area contributed by atoms with Crippen LogP contribution >= 0.6 is 0 Å². The third-order valence-corrected chi connectivity index (χ3v) is 6.43. The maximum atomic E-state index is 12.8. The van der Waals surface area contributed by atoms with E-state index in [0.717, 1.165) is 5.56 Å². The molecule has 0 bridgehead atoms. The summed E-state index contributed by atoms with van der Waals surface area (Å²) in [5, 5.41) is 11.9. The molecule has 0 radical (unpaired) electrons. The number of hydrogen-bond acceptors (Lipinski definition) is 4. The molecule has 2 N–H and O–H groups in total. The van der Waals surface area contributed by atoms with Crippen molar-refractivity contribution in [3.8, 4) is 0 Å². The minimum Gasteiger partial charge on any atom is -0.481 e. The summed E-state index contributed by atoms with van der Waals surface area (Å²) < 4.78 is 26.9. The van der Waals surface area contributed by atoms with Crippen LogP contribution in [0.2, 0.25) is 0 Å². The Morgan fingerprint density at radius 1 is 1.25 bits per heavy atom. The molecule has 7 nitrogen and oxygen atoms in total. The molecule has 0 aliphatic carbocycles. The highest BCUT2D eigenvalue weighted by atomic mass is 32.2. The molecular weight excluding hydrogens is 332 g/mol. The Morgan fingerprint density at radius 2 is 2.04 bits per heavy atom. The molecule has 1 amide bonds. The van der Waals surface area contributed by atoms with Crippen molar-refractivity contribution in [2.45, 2.75) is 37.0 Å². The number of carboxylic acid groups (broad SMARTS) is 1. The van der Waals surface area contributed by atoms with Crippen LogP contribution in [0.25, 0.3) is 0 Å². The maximum absolute atomic E-state index is 12.8. The van der Waals surface area contributed by atoms with Gasteiger partial charge in [0.05, 0.1) is 10.8 Å². The van der Waals surface area contributed by atoms with E-state index in [1.54, 1.807) is 12.1 Å². The molecule has 1 aromatic carbocycles. The standard InChI is InChI=1S/C16H20N2O5S/c19-15-5-1-3-11-9-13(6-7-14(11)17-15)24(22,23)18-8-2-4-12(10-18)16(20)21/h6-7,9,12H,1-5,8,10H2,(H,17,19)(H,20,21). The number of nitrogens with zero attached hydrogens (tertiary/aromatic N) is 1. The fraction of sp³-hybridized carbons (Fsp3) is 0.500. The van der Waals surface area contributed by atoms with Crippen LogP contribution in [0.5, 0.6) is 0 Å². The van der Waals surface area contributed by atoms with E-state index in [2.05, 4.69) is 5.32 Å². The molecule has 1 atom stereocenters. The molecule has 0 spiro atoms. The predicted molar refractivity (Wildman–Crippen MR) is 87.1 cm³/mol. The number of nitrogens with one attached hydrogen (secondary N) is 1. The van der Waals surface area contributed by atoms with Crippen LogP contribution in [-0.2, 0) is 26.0 Å². The van der Waals surface area contributed by atoms with E-state index in [-0.39, 0.29) is 17.3 Å². The first-order valence-corrected chi connectivity index (χ1v) is 9.47. The minimum absolute atomic E-state index is 0.00544. The SMILES string of the molecule is O=C1CCCc2cc(S(=O)(=O)N3CCCC(C(=O)O)C3)ccc2N1. The zero-order valence-electron chi connectivity index (χ0n) is 13.2. The maximum Gasteiger partial charge on any atom is 0.307 e. The zero-order chi connectivity index (χ0) is 17.3. The lowest BCUT2D eigenvalue weighted by atomic mass is 10.0. The number of anilines is 1. The Balaban J connectivity index is 1.88. The van der Waals surface area contributed by atoms with Gasteiger partial charge in [-0.1, -0.05) is 0 Å². The molecule has 8 heteroatoms. The summed E-state index contributed by atoms with van der Waals surface area (Å²) in [5.41, 5.74) is 1.45. The molecule has 1 unspecified atom stereocenters. The predicted octanol–water partition coefficient (Wildman–Crippen LogP) is 1.45. The van der Waals surface area contributed by atoms with Crippen LogP contribution in [0.4, 0.5) is 5.69 Å². The van der Waals surface area contributed by atoms with E-state index in [9.17, 15) is 18.0 Å². The Labute approximate surface area is 140 Å². The normalized spacial score (nSPS) is 22.3. The summed E-state index contributed by atoms with van der Waals surface area (Å²) in [6.45, 7) is 0.339. The van der Waals surface area contributed by atoms with Crippen molar-refractivity contribution in [3.63, 3.8) is 0 Å². The molecule has 2 heterocycles. The lowest BCUT2D eigenvalue weighted by molar-refractivity contribution is -0.142.